The highest BCUT2D eigenvalue weighted by Gasteiger charge is 2.36. The number of nitrogens with zero attached hydrogens (tertiary/aromatic N) is 2. The standard InChI is InChI=1S/C18H12ClN3O7/c1-29-14-8-9(7-13(15(14)23)22(27)28)6-12-16(24)20-18(26)21(17(12)25)11-4-2-10(19)3-5-11/h2-8,23H,1H3,(H,20,24,26)/p-1/b12-6-. The Hall–Kier alpha value is -3.92. The molecule has 3 rings (SSSR count). The second kappa shape index (κ2) is 7.60. The van der Waals surface area contributed by atoms with Crippen LogP contribution in [0.5, 0.6) is 11.5 Å². The Morgan fingerprint density at radius 2 is 1.83 bits per heavy atom. The summed E-state index contributed by atoms with van der Waals surface area (Å²) < 4.78 is 4.83. The molecule has 1 saturated heterocycles. The van der Waals surface area contributed by atoms with Crippen LogP contribution in [-0.4, -0.2) is 29.9 Å². The lowest BCUT2D eigenvalue weighted by molar-refractivity contribution is -0.398. The lowest BCUT2D eigenvalue weighted by Crippen LogP contribution is -2.54. The molecule has 4 amide bonds. The Bertz CT molecular complexity index is 1080. The van der Waals surface area contributed by atoms with Crippen LogP contribution in [-0.2, 0) is 9.59 Å². The Labute approximate surface area is 168 Å². The molecule has 10 nitrogen and oxygen atoms in total. The number of methoxy groups -OCH3 is 1. The van der Waals surface area contributed by atoms with Gasteiger partial charge in [0.1, 0.15) is 11.3 Å². The topological polar surface area (TPSA) is 142 Å². The fourth-order valence-corrected chi connectivity index (χ4v) is 2.75. The van der Waals surface area contributed by atoms with Crippen molar-refractivity contribution in [3.63, 3.8) is 0 Å². The monoisotopic (exact) mass is 416 g/mol. The van der Waals surface area contributed by atoms with Crippen LogP contribution in [0.1, 0.15) is 5.56 Å². The number of amides is 4. The Balaban J connectivity index is 2.08. The van der Waals surface area contributed by atoms with Crippen molar-refractivity contribution in [2.45, 2.75) is 0 Å². The minimum atomic E-state index is -0.988. The molecule has 11 heteroatoms. The molecule has 2 aromatic carbocycles. The van der Waals surface area contributed by atoms with Crippen LogP contribution in [0.15, 0.2) is 42.0 Å². The van der Waals surface area contributed by atoms with Gasteiger partial charge in [0.2, 0.25) is 0 Å². The van der Waals surface area contributed by atoms with Gasteiger partial charge in [-0.15, -0.1) is 0 Å². The number of nitrogens with one attached hydrogen (secondary N) is 1. The molecule has 1 fully saturated rings. The summed E-state index contributed by atoms with van der Waals surface area (Å²) in [6.45, 7) is 0. The lowest BCUT2D eigenvalue weighted by atomic mass is 10.1. The predicted octanol–water partition coefficient (Wildman–Crippen LogP) is 2.00. The molecule has 0 atom stereocenters. The van der Waals surface area contributed by atoms with Crippen LogP contribution in [0.25, 0.3) is 6.08 Å². The molecular weight excluding hydrogens is 406 g/mol. The van der Waals surface area contributed by atoms with Crippen molar-refractivity contribution in [2.75, 3.05) is 12.0 Å². The molecule has 2 aromatic rings. The summed E-state index contributed by atoms with van der Waals surface area (Å²) in [4.78, 5) is 48.0. The fraction of sp³-hybridized carbons (Fsp3) is 0.0556. The zero-order chi connectivity index (χ0) is 21.3. The molecular formula is C18H11ClN3O7-. The Kier molecular flexibility index (Phi) is 5.20. The predicted molar refractivity (Wildman–Crippen MR) is 99.5 cm³/mol. The van der Waals surface area contributed by atoms with Crippen LogP contribution in [0, 0.1) is 10.1 Å². The van der Waals surface area contributed by atoms with Gasteiger partial charge in [-0.3, -0.25) is 25.0 Å². The van der Waals surface area contributed by atoms with Crippen molar-refractivity contribution < 1.29 is 29.2 Å². The molecule has 1 N–H and O–H groups in total. The van der Waals surface area contributed by atoms with Crippen LogP contribution in [0.4, 0.5) is 16.2 Å². The average molecular weight is 417 g/mol. The van der Waals surface area contributed by atoms with E-state index >= 15 is 0 Å². The number of carbonyl (C=O) groups is 3. The summed E-state index contributed by atoms with van der Waals surface area (Å²) in [6.07, 6.45) is 1.03. The normalized spacial score (nSPS) is 15.4. The average Bonchev–Trinajstić information content (AvgIpc) is 2.67. The number of nitro benzene ring substituents is 1. The first kappa shape index (κ1) is 19.8. The summed E-state index contributed by atoms with van der Waals surface area (Å²) >= 11 is 5.80. The van der Waals surface area contributed by atoms with Gasteiger partial charge in [-0.25, -0.2) is 9.69 Å². The maximum atomic E-state index is 12.8. The molecule has 0 aromatic heterocycles. The molecule has 1 aliphatic rings. The van der Waals surface area contributed by atoms with Crippen LogP contribution < -0.4 is 20.1 Å². The number of hydrogen-bond donors (Lipinski definition) is 1. The summed E-state index contributed by atoms with van der Waals surface area (Å²) in [6, 6.07) is 6.82. The van der Waals surface area contributed by atoms with E-state index in [2.05, 4.69) is 0 Å². The van der Waals surface area contributed by atoms with Gasteiger partial charge in [0.15, 0.2) is 0 Å². The summed E-state index contributed by atoms with van der Waals surface area (Å²) in [5.41, 5.74) is -1.09. The van der Waals surface area contributed by atoms with Gasteiger partial charge in [-0.05, 0) is 42.0 Å². The van der Waals surface area contributed by atoms with Gasteiger partial charge in [0.05, 0.1) is 17.7 Å². The van der Waals surface area contributed by atoms with Gasteiger partial charge in [0.25, 0.3) is 17.5 Å². The maximum absolute atomic E-state index is 12.8. The van der Waals surface area contributed by atoms with Gasteiger partial charge in [-0.2, -0.15) is 0 Å². The highest BCUT2D eigenvalue weighted by molar-refractivity contribution is 6.39. The number of ether oxygens (including phenoxy) is 1. The maximum Gasteiger partial charge on any atom is 0.335 e. The van der Waals surface area contributed by atoms with E-state index < -0.39 is 39.8 Å². The Morgan fingerprint density at radius 3 is 2.41 bits per heavy atom. The first-order valence-electron chi connectivity index (χ1n) is 7.93. The molecule has 1 aliphatic heterocycles. The number of anilines is 1. The largest absolute Gasteiger partial charge is 0.865 e. The third-order valence-corrected chi connectivity index (χ3v) is 4.22. The number of hydrogen-bond acceptors (Lipinski definition) is 7. The van der Waals surface area contributed by atoms with E-state index in [1.807, 2.05) is 5.32 Å². The molecule has 0 aliphatic carbocycles. The number of barbiturate groups is 1. The first-order chi connectivity index (χ1) is 13.7. The third kappa shape index (κ3) is 3.73. The smallest absolute Gasteiger partial charge is 0.335 e. The van der Waals surface area contributed by atoms with E-state index in [9.17, 15) is 29.6 Å². The lowest BCUT2D eigenvalue weighted by Gasteiger charge is -2.26. The minimum Gasteiger partial charge on any atom is -0.865 e. The van der Waals surface area contributed by atoms with Crippen molar-refractivity contribution in [1.82, 2.24) is 5.32 Å². The highest BCUT2D eigenvalue weighted by atomic mass is 35.5. The SMILES string of the molecule is COc1cc(/C=C2/C(=O)NC(=O)N(c3ccc(Cl)cc3)C2=O)cc([N+](=O)[O-])c1[O-]. The van der Waals surface area contributed by atoms with Crippen molar-refractivity contribution in [3.8, 4) is 11.5 Å². The van der Waals surface area contributed by atoms with Crippen LogP contribution in [0.3, 0.4) is 0 Å². The summed E-state index contributed by atoms with van der Waals surface area (Å²) in [7, 11) is 1.15. The molecule has 0 saturated carbocycles. The number of benzene rings is 2. The van der Waals surface area contributed by atoms with Gasteiger partial charge in [-0.1, -0.05) is 11.6 Å². The van der Waals surface area contributed by atoms with Crippen molar-refractivity contribution in [2.24, 2.45) is 0 Å². The highest BCUT2D eigenvalue weighted by Crippen LogP contribution is 2.35. The van der Waals surface area contributed by atoms with E-state index in [1.165, 1.54) is 24.3 Å². The van der Waals surface area contributed by atoms with Crippen LogP contribution >= 0.6 is 11.6 Å². The fourth-order valence-electron chi connectivity index (χ4n) is 2.63. The van der Waals surface area contributed by atoms with Crippen molar-refractivity contribution in [3.05, 3.63) is 62.7 Å². The zero-order valence-corrected chi connectivity index (χ0v) is 15.4. The number of halogens is 1. The molecule has 0 radical (unpaired) electrons. The van der Waals surface area contributed by atoms with E-state index in [4.69, 9.17) is 16.3 Å². The molecule has 1 heterocycles. The zero-order valence-electron chi connectivity index (χ0n) is 14.7. The number of nitro groups is 1. The molecule has 148 valence electrons. The van der Waals surface area contributed by atoms with Crippen molar-refractivity contribution >= 4 is 46.9 Å². The van der Waals surface area contributed by atoms with Gasteiger partial charge >= 0.3 is 6.03 Å². The number of carbonyl (C=O) groups excluding carboxylic acids is 3. The van der Waals surface area contributed by atoms with Gasteiger partial charge in [0, 0.05) is 16.8 Å². The van der Waals surface area contributed by atoms with Crippen molar-refractivity contribution in [1.29, 1.82) is 0 Å². The Morgan fingerprint density at radius 1 is 1.17 bits per heavy atom. The molecule has 0 spiro atoms. The third-order valence-electron chi connectivity index (χ3n) is 3.97. The van der Waals surface area contributed by atoms with Gasteiger partial charge < -0.3 is 9.84 Å². The number of rotatable bonds is 4. The number of imide groups is 2. The number of urea groups is 1. The van der Waals surface area contributed by atoms with E-state index in [-0.39, 0.29) is 17.0 Å². The molecule has 0 unspecified atom stereocenters. The van der Waals surface area contributed by atoms with E-state index in [0.29, 0.717) is 5.02 Å². The quantitative estimate of drug-likeness (QED) is 0.347. The summed E-state index contributed by atoms with van der Waals surface area (Å²) in [5.74, 6) is -3.22. The molecule has 29 heavy (non-hydrogen) atoms. The second-order valence-corrected chi connectivity index (χ2v) is 6.20. The molecule has 0 bridgehead atoms. The van der Waals surface area contributed by atoms with E-state index in [1.54, 1.807) is 0 Å². The van der Waals surface area contributed by atoms with Crippen LogP contribution in [0.2, 0.25) is 5.02 Å². The second-order valence-electron chi connectivity index (χ2n) is 5.76. The first-order valence-corrected chi connectivity index (χ1v) is 8.31. The minimum absolute atomic E-state index is 0.00273. The van der Waals surface area contributed by atoms with E-state index in [0.717, 1.165) is 30.2 Å². The summed E-state index contributed by atoms with van der Waals surface area (Å²) in [5, 5.41) is 25.4.